The third-order valence-electron chi connectivity index (χ3n) is 13.9. The first kappa shape index (κ1) is 40.5. The van der Waals surface area contributed by atoms with Gasteiger partial charge in [-0.3, -0.25) is 0 Å². The van der Waals surface area contributed by atoms with E-state index in [2.05, 4.69) is 16.0 Å². The summed E-state index contributed by atoms with van der Waals surface area (Å²) in [7, 11) is 44.2. The molecule has 7 heterocycles. The number of aromatic amines is 2. The van der Waals surface area contributed by atoms with Crippen molar-refractivity contribution in [3.63, 3.8) is 0 Å². The molecule has 5 aromatic carbocycles. The molecule has 9 nitrogen and oxygen atoms in total. The lowest BCUT2D eigenvalue weighted by Gasteiger charge is -2.22. The van der Waals surface area contributed by atoms with Crippen molar-refractivity contribution < 1.29 is 4.74 Å². The maximum Gasteiger partial charge on any atom is 0.164 e. The summed E-state index contributed by atoms with van der Waals surface area (Å²) in [6, 6.07) is 36.0. The highest BCUT2D eigenvalue weighted by molar-refractivity contribution is 7.29. The zero-order chi connectivity index (χ0) is 44.2. The van der Waals surface area contributed by atoms with Gasteiger partial charge in [0.25, 0.3) is 0 Å². The molecule has 0 aliphatic carbocycles. The van der Waals surface area contributed by atoms with Crippen LogP contribution in [-0.2, 0) is 12.8 Å². The fraction of sp³-hybridized carbons (Fsp3) is 0.136. The molecular formula is C44H26B12N8O. The van der Waals surface area contributed by atoms with Crippen LogP contribution in [0.4, 0.5) is 0 Å². The highest BCUT2D eigenvalue weighted by Gasteiger charge is 2.59. The Balaban J connectivity index is 1.02. The van der Waals surface area contributed by atoms with Crippen molar-refractivity contribution in [1.82, 2.24) is 39.9 Å². The van der Waals surface area contributed by atoms with E-state index in [9.17, 15) is 0 Å². The third kappa shape index (κ3) is 6.45. The molecule has 8 aromatic rings. The summed E-state index contributed by atoms with van der Waals surface area (Å²) in [5, 5.41) is 2.67. The Morgan fingerprint density at radius 1 is 0.477 bits per heavy atom. The van der Waals surface area contributed by atoms with Gasteiger partial charge in [0.05, 0.1) is 27.5 Å². The summed E-state index contributed by atoms with van der Waals surface area (Å²) < 4.78 is 6.77. The van der Waals surface area contributed by atoms with Crippen LogP contribution in [0.25, 0.3) is 89.7 Å². The molecule has 21 heteroatoms. The van der Waals surface area contributed by atoms with Crippen molar-refractivity contribution in [2.24, 2.45) is 0 Å². The standard InChI is InChI=1S/C44H26B12N8O/c45-51-41-43(53-47,55(41)49)19-21-15-22(20-44(54-48)42(52-46)56(44)50)17-24(16-21)65-23-13-14-31-32(18-23)40-63-38-30-12-6-5-11-29(30)36(61-38)59-34-26-8-2-1-7-25(26)33(57-34)58-35-27-9-3-4-10-28(27)37(60-35)62-39(31)64-40/h1-18,41-42H,19-20H2,(H2,57,58,59,60,61,62,63,64)/i51+0,52+0,53+0,54+0,55+0,56+0. The van der Waals surface area contributed by atoms with Gasteiger partial charge >= 0.3 is 0 Å². The van der Waals surface area contributed by atoms with Gasteiger partial charge in [-0.15, -0.1) is 21.9 Å². The van der Waals surface area contributed by atoms with Crippen LogP contribution in [0, 0.1) is 0 Å². The third-order valence-corrected chi connectivity index (χ3v) is 13.9. The Morgan fingerprint density at radius 2 is 0.892 bits per heavy atom. The van der Waals surface area contributed by atoms with Crippen molar-refractivity contribution in [3.05, 3.63) is 120 Å². The summed E-state index contributed by atoms with van der Waals surface area (Å²) in [5.41, 5.74) is 7.58. The number of benzene rings is 5. The number of fused-ring (bicyclic) bond motifs is 20. The van der Waals surface area contributed by atoms with Gasteiger partial charge < -0.3 is 14.7 Å². The van der Waals surface area contributed by atoms with Crippen LogP contribution in [0.2, 0.25) is 21.9 Å². The van der Waals surface area contributed by atoms with Gasteiger partial charge in [0, 0.05) is 105 Å². The number of aromatic nitrogens is 8. The monoisotopic (exact) mass is 814 g/mol. The number of nitrogens with one attached hydrogen (secondary N) is 2. The maximum absolute atomic E-state index is 6.77. The Bertz CT molecular complexity index is 3400. The molecule has 4 aliphatic rings. The van der Waals surface area contributed by atoms with Crippen molar-refractivity contribution in [2.45, 2.75) is 34.7 Å². The molecule has 12 rings (SSSR count). The first-order chi connectivity index (χ1) is 31.7. The Labute approximate surface area is 387 Å². The number of nitrogens with zero attached hydrogens (tertiary/aromatic N) is 6. The lowest BCUT2D eigenvalue weighted by Crippen LogP contribution is -2.17. The van der Waals surface area contributed by atoms with Gasteiger partial charge in [0.15, 0.2) is 23.3 Å². The lowest BCUT2D eigenvalue weighted by atomic mass is 9.38. The number of H-pyrrole nitrogens is 2. The average Bonchev–Trinajstić information content (AvgIpc) is 3.65. The minimum absolute atomic E-state index is 0.0523. The smallest absolute Gasteiger partial charge is 0.164 e. The molecule has 4 unspecified atom stereocenters. The van der Waals surface area contributed by atoms with Crippen molar-refractivity contribution in [1.29, 1.82) is 0 Å². The quantitative estimate of drug-likeness (QED) is 0.180. The molecule has 2 saturated heterocycles. The number of rotatable bonds is 10. The van der Waals surface area contributed by atoms with Crippen LogP contribution in [-0.4, -0.2) is 128 Å². The second-order valence-electron chi connectivity index (χ2n) is 17.4. The van der Waals surface area contributed by atoms with Crippen molar-refractivity contribution in [3.8, 4) is 57.1 Å². The molecule has 65 heavy (non-hydrogen) atoms. The van der Waals surface area contributed by atoms with Crippen LogP contribution >= 0.6 is 0 Å². The average molecular weight is 814 g/mol. The summed E-state index contributed by atoms with van der Waals surface area (Å²) in [6.07, 6.45) is 1.12. The summed E-state index contributed by atoms with van der Waals surface area (Å²) >= 11 is 0. The molecule has 0 amide bonds. The first-order valence-electron chi connectivity index (χ1n) is 21.5. The lowest BCUT2D eigenvalue weighted by molar-refractivity contribution is 0.481. The number of hydrogen-bond acceptors (Lipinski definition) is 7. The molecule has 8 bridgehead atoms. The van der Waals surface area contributed by atoms with Gasteiger partial charge in [-0.05, 0) is 54.3 Å². The number of ether oxygens (including phenoxy) is 1. The number of hydrogen-bond donors (Lipinski definition) is 2. The normalized spacial score (nSPS) is 20.2. The van der Waals surface area contributed by atoms with E-state index in [0.717, 1.165) is 54.9 Å². The van der Waals surface area contributed by atoms with Crippen LogP contribution in [0.1, 0.15) is 11.1 Å². The molecule has 0 spiro atoms. The topological polar surface area (TPSA) is 118 Å². The molecule has 4 aliphatic heterocycles. The summed E-state index contributed by atoms with van der Waals surface area (Å²) in [6.45, 7) is -0.401. The van der Waals surface area contributed by atoms with Gasteiger partial charge in [-0.2, -0.15) is 0 Å². The molecule has 4 atom stereocenters. The molecule has 2 fully saturated rings. The highest BCUT2D eigenvalue weighted by Crippen LogP contribution is 2.63. The van der Waals surface area contributed by atoms with Crippen molar-refractivity contribution in [2.75, 3.05) is 0 Å². The molecule has 0 saturated carbocycles. The van der Waals surface area contributed by atoms with Gasteiger partial charge in [0.2, 0.25) is 0 Å². The molecular weight excluding hydrogens is 787 g/mol. The van der Waals surface area contributed by atoms with E-state index < -0.39 is 10.4 Å². The molecule has 2 N–H and O–H groups in total. The largest absolute Gasteiger partial charge is 0.457 e. The minimum Gasteiger partial charge on any atom is -0.457 e. The Hall–Kier alpha value is -5.96. The Kier molecular flexibility index (Phi) is 9.55. The van der Waals surface area contributed by atoms with Gasteiger partial charge in [-0.1, -0.05) is 78.9 Å². The zero-order valence-electron chi connectivity index (χ0n) is 35.0. The zero-order valence-corrected chi connectivity index (χ0v) is 35.0. The molecule has 284 valence electrons. The van der Waals surface area contributed by atoms with Crippen LogP contribution in [0.15, 0.2) is 109 Å². The van der Waals surface area contributed by atoms with E-state index in [0.29, 0.717) is 70.2 Å². The second kappa shape index (κ2) is 15.3. The van der Waals surface area contributed by atoms with Crippen LogP contribution < -0.4 is 4.74 Å². The first-order valence-corrected chi connectivity index (χ1v) is 21.5. The van der Waals surface area contributed by atoms with Crippen LogP contribution in [0.3, 0.4) is 0 Å². The van der Waals surface area contributed by atoms with E-state index in [1.807, 2.05) is 103 Å². The maximum atomic E-state index is 6.77. The minimum atomic E-state index is -0.483. The molecule has 3 aromatic heterocycles. The van der Waals surface area contributed by atoms with E-state index in [1.165, 1.54) is 0 Å². The predicted molar refractivity (Wildman–Crippen MR) is 272 cm³/mol. The molecule has 16 radical (unpaired) electrons. The fourth-order valence-electron chi connectivity index (χ4n) is 10.2. The highest BCUT2D eigenvalue weighted by atomic mass is 16.5. The second-order valence-corrected chi connectivity index (χ2v) is 17.4. The van der Waals surface area contributed by atoms with Gasteiger partial charge in [0.1, 0.15) is 34.1 Å². The SMILES string of the molecule is [B][11B]C1[11B]([B])C1([11B][B])Cc1cc(CC2([11B][B])[11B]([B])C2[11B][B])cc(Oc2ccc3c(c2)-c2nc4nc(nc5[nH]c(nc6[nH]c(nc-3n2)c2ccccc62)c2ccccc52)-c2ccccc2-4)c1. The Morgan fingerprint density at radius 3 is 1.34 bits per heavy atom. The predicted octanol–water partition coefficient (Wildman–Crippen LogP) is 5.30. The van der Waals surface area contributed by atoms with E-state index in [1.54, 1.807) is 28.7 Å². The summed E-state index contributed by atoms with van der Waals surface area (Å²) in [5.74, 6) is 3.06. The fourth-order valence-corrected chi connectivity index (χ4v) is 10.2. The van der Waals surface area contributed by atoms with E-state index >= 15 is 0 Å². The van der Waals surface area contributed by atoms with Crippen LogP contribution in [0.5, 0.6) is 11.5 Å². The van der Waals surface area contributed by atoms with E-state index in [4.69, 9.17) is 81.1 Å². The van der Waals surface area contributed by atoms with Crippen molar-refractivity contribution >= 4 is 132 Å². The van der Waals surface area contributed by atoms with E-state index in [-0.39, 0.29) is 24.6 Å². The van der Waals surface area contributed by atoms with Gasteiger partial charge in [-0.25, -0.2) is 29.9 Å². The summed E-state index contributed by atoms with van der Waals surface area (Å²) in [4.78, 5) is 37.7.